The van der Waals surface area contributed by atoms with E-state index in [0.717, 1.165) is 13.1 Å². The third-order valence-electron chi connectivity index (χ3n) is 3.10. The van der Waals surface area contributed by atoms with Crippen LogP contribution >= 0.6 is 23.4 Å². The van der Waals surface area contributed by atoms with E-state index in [2.05, 4.69) is 40.6 Å². The highest BCUT2D eigenvalue weighted by atomic mass is 35.5. The first kappa shape index (κ1) is 14.8. The minimum atomic E-state index is 0.259. The van der Waals surface area contributed by atoms with Gasteiger partial charge in [0.1, 0.15) is 0 Å². The van der Waals surface area contributed by atoms with Crippen LogP contribution in [0.4, 0.5) is 5.95 Å². The summed E-state index contributed by atoms with van der Waals surface area (Å²) in [5.74, 6) is 1.22. The lowest BCUT2D eigenvalue weighted by Crippen LogP contribution is -2.37. The molecule has 0 spiro atoms. The van der Waals surface area contributed by atoms with Gasteiger partial charge in [0, 0.05) is 18.3 Å². The van der Waals surface area contributed by atoms with Crippen molar-refractivity contribution in [2.45, 2.75) is 31.2 Å². The predicted octanol–water partition coefficient (Wildman–Crippen LogP) is 2.50. The van der Waals surface area contributed by atoms with Gasteiger partial charge in [0.05, 0.1) is 13.2 Å². The summed E-state index contributed by atoms with van der Waals surface area (Å²) in [5, 5.41) is 1.40. The summed E-state index contributed by atoms with van der Waals surface area (Å²) < 4.78 is 5.33. The molecule has 1 fully saturated rings. The first-order valence-corrected chi connectivity index (χ1v) is 7.73. The van der Waals surface area contributed by atoms with Gasteiger partial charge >= 0.3 is 0 Å². The molecule has 5 nitrogen and oxygen atoms in total. The maximum Gasteiger partial charge on any atom is 0.230 e. The molecule has 0 amide bonds. The zero-order valence-electron chi connectivity index (χ0n) is 11.5. The second kappa shape index (κ2) is 6.72. The molecule has 0 aliphatic carbocycles. The zero-order chi connectivity index (χ0) is 13.8. The summed E-state index contributed by atoms with van der Waals surface area (Å²) in [6.45, 7) is 9.53. The van der Waals surface area contributed by atoms with Gasteiger partial charge in [0.15, 0.2) is 5.16 Å². The van der Waals surface area contributed by atoms with E-state index in [0.29, 0.717) is 35.5 Å². The molecular formula is C12H19ClN4OS. The Labute approximate surface area is 123 Å². The Balaban J connectivity index is 2.14. The average Bonchev–Trinajstić information content (AvgIpc) is 2.39. The van der Waals surface area contributed by atoms with Crippen LogP contribution in [0.25, 0.3) is 0 Å². The van der Waals surface area contributed by atoms with Crippen molar-refractivity contribution in [1.29, 1.82) is 0 Å². The zero-order valence-corrected chi connectivity index (χ0v) is 13.0. The summed E-state index contributed by atoms with van der Waals surface area (Å²) in [7, 11) is 0. The molecule has 1 aliphatic heterocycles. The number of anilines is 1. The Bertz CT molecular complexity index is 426. The molecule has 0 radical (unpaired) electrons. The number of hydrogen-bond donors (Lipinski definition) is 0. The Morgan fingerprint density at radius 3 is 2.47 bits per heavy atom. The molecule has 1 aliphatic rings. The van der Waals surface area contributed by atoms with Crippen molar-refractivity contribution in [3.8, 4) is 0 Å². The topological polar surface area (TPSA) is 51.1 Å². The minimum Gasteiger partial charge on any atom is -0.378 e. The van der Waals surface area contributed by atoms with E-state index < -0.39 is 0 Å². The summed E-state index contributed by atoms with van der Waals surface area (Å²) in [5.41, 5.74) is 0. The standard InChI is InChI=1S/C12H19ClN4OS/c1-8(2)9(3)19-12-15-10(13)14-11(16-12)17-4-6-18-7-5-17/h8-9H,4-7H2,1-3H3. The molecule has 0 saturated carbocycles. The van der Waals surface area contributed by atoms with Crippen molar-refractivity contribution in [1.82, 2.24) is 15.0 Å². The molecule has 1 saturated heterocycles. The van der Waals surface area contributed by atoms with Gasteiger partial charge in [0.2, 0.25) is 11.2 Å². The van der Waals surface area contributed by atoms with Crippen LogP contribution in [-0.4, -0.2) is 46.5 Å². The monoisotopic (exact) mass is 302 g/mol. The van der Waals surface area contributed by atoms with E-state index in [-0.39, 0.29) is 5.28 Å². The number of halogens is 1. The van der Waals surface area contributed by atoms with Gasteiger partial charge < -0.3 is 9.64 Å². The Hall–Kier alpha value is -0.590. The van der Waals surface area contributed by atoms with E-state index >= 15 is 0 Å². The van der Waals surface area contributed by atoms with Crippen molar-refractivity contribution in [3.63, 3.8) is 0 Å². The van der Waals surface area contributed by atoms with E-state index in [1.165, 1.54) is 0 Å². The summed E-state index contributed by atoms with van der Waals surface area (Å²) in [6.07, 6.45) is 0. The number of hydrogen-bond acceptors (Lipinski definition) is 6. The van der Waals surface area contributed by atoms with Crippen LogP contribution in [0, 0.1) is 5.92 Å². The molecule has 0 aromatic carbocycles. The van der Waals surface area contributed by atoms with Crippen molar-refractivity contribution in [3.05, 3.63) is 5.28 Å². The molecule has 0 bridgehead atoms. The molecule has 1 aromatic heterocycles. The van der Waals surface area contributed by atoms with Gasteiger partial charge in [-0.2, -0.15) is 15.0 Å². The predicted molar refractivity (Wildman–Crippen MR) is 78.0 cm³/mol. The molecule has 1 unspecified atom stereocenters. The number of nitrogens with zero attached hydrogens (tertiary/aromatic N) is 4. The van der Waals surface area contributed by atoms with Crippen molar-refractivity contribution in [2.75, 3.05) is 31.2 Å². The number of morpholine rings is 1. The smallest absolute Gasteiger partial charge is 0.230 e. The number of aromatic nitrogens is 3. The highest BCUT2D eigenvalue weighted by molar-refractivity contribution is 7.99. The van der Waals surface area contributed by atoms with Crippen LogP contribution in [0.2, 0.25) is 5.28 Å². The molecule has 7 heteroatoms. The molecule has 2 heterocycles. The molecule has 19 heavy (non-hydrogen) atoms. The molecule has 2 rings (SSSR count). The summed E-state index contributed by atoms with van der Waals surface area (Å²) >= 11 is 7.64. The maximum absolute atomic E-state index is 6.00. The van der Waals surface area contributed by atoms with E-state index in [9.17, 15) is 0 Å². The highest BCUT2D eigenvalue weighted by Gasteiger charge is 2.18. The third kappa shape index (κ3) is 4.19. The lowest BCUT2D eigenvalue weighted by Gasteiger charge is -2.26. The molecule has 1 atom stereocenters. The van der Waals surface area contributed by atoms with Crippen molar-refractivity contribution >= 4 is 29.3 Å². The van der Waals surface area contributed by atoms with E-state index in [1.807, 2.05) is 0 Å². The molecule has 106 valence electrons. The van der Waals surface area contributed by atoms with Crippen LogP contribution in [-0.2, 0) is 4.74 Å². The second-order valence-electron chi connectivity index (χ2n) is 4.85. The van der Waals surface area contributed by atoms with Gasteiger partial charge in [-0.15, -0.1) is 0 Å². The van der Waals surface area contributed by atoms with Crippen LogP contribution in [0.3, 0.4) is 0 Å². The first-order chi connectivity index (χ1) is 9.06. The van der Waals surface area contributed by atoms with Gasteiger partial charge in [-0.3, -0.25) is 0 Å². The number of rotatable bonds is 4. The number of thioether (sulfide) groups is 1. The van der Waals surface area contributed by atoms with Crippen LogP contribution in [0.5, 0.6) is 0 Å². The van der Waals surface area contributed by atoms with Gasteiger partial charge in [-0.1, -0.05) is 32.5 Å². The lowest BCUT2D eigenvalue weighted by molar-refractivity contribution is 0.122. The highest BCUT2D eigenvalue weighted by Crippen LogP contribution is 2.26. The fourth-order valence-corrected chi connectivity index (χ4v) is 2.67. The SMILES string of the molecule is CC(C)C(C)Sc1nc(Cl)nc(N2CCOCC2)n1. The lowest BCUT2D eigenvalue weighted by atomic mass is 10.2. The third-order valence-corrected chi connectivity index (χ3v) is 4.58. The van der Waals surface area contributed by atoms with Gasteiger partial charge in [-0.25, -0.2) is 0 Å². The summed E-state index contributed by atoms with van der Waals surface area (Å²) in [6, 6.07) is 0. The first-order valence-electron chi connectivity index (χ1n) is 6.47. The normalized spacial score (nSPS) is 17.8. The Kier molecular flexibility index (Phi) is 5.24. The van der Waals surface area contributed by atoms with E-state index in [1.54, 1.807) is 11.8 Å². The second-order valence-corrected chi connectivity index (χ2v) is 6.54. The van der Waals surface area contributed by atoms with Gasteiger partial charge in [-0.05, 0) is 17.5 Å². The molecular weight excluding hydrogens is 284 g/mol. The Morgan fingerprint density at radius 1 is 1.16 bits per heavy atom. The summed E-state index contributed by atoms with van der Waals surface area (Å²) in [4.78, 5) is 15.0. The van der Waals surface area contributed by atoms with Gasteiger partial charge in [0.25, 0.3) is 0 Å². The maximum atomic E-state index is 6.00. The molecule has 0 N–H and O–H groups in total. The fourth-order valence-electron chi connectivity index (χ4n) is 1.58. The van der Waals surface area contributed by atoms with Crippen molar-refractivity contribution < 1.29 is 4.74 Å². The van der Waals surface area contributed by atoms with E-state index in [4.69, 9.17) is 16.3 Å². The quantitative estimate of drug-likeness (QED) is 0.797. The fraction of sp³-hybridized carbons (Fsp3) is 0.750. The Morgan fingerprint density at radius 2 is 1.84 bits per heavy atom. The van der Waals surface area contributed by atoms with Crippen LogP contribution in [0.15, 0.2) is 5.16 Å². The largest absolute Gasteiger partial charge is 0.378 e. The molecule has 1 aromatic rings. The number of ether oxygens (including phenoxy) is 1. The average molecular weight is 303 g/mol. The minimum absolute atomic E-state index is 0.259. The van der Waals surface area contributed by atoms with Crippen LogP contribution in [0.1, 0.15) is 20.8 Å². The van der Waals surface area contributed by atoms with Crippen molar-refractivity contribution in [2.24, 2.45) is 5.92 Å². The van der Waals surface area contributed by atoms with Crippen LogP contribution < -0.4 is 4.90 Å².